The van der Waals surface area contributed by atoms with Gasteiger partial charge in [0.1, 0.15) is 0 Å². The van der Waals surface area contributed by atoms with Gasteiger partial charge in [0, 0.05) is 12.5 Å². The Balaban J connectivity index is 1.91. The lowest BCUT2D eigenvalue weighted by molar-refractivity contribution is -0.122. The molecular weight excluding hydrogens is 238 g/mol. The minimum absolute atomic E-state index is 0.0744. The third-order valence-corrected chi connectivity index (χ3v) is 3.58. The Labute approximate surface area is 115 Å². The van der Waals surface area contributed by atoms with Gasteiger partial charge in [0.05, 0.1) is 6.10 Å². The van der Waals surface area contributed by atoms with E-state index in [-0.39, 0.29) is 17.2 Å². The molecular formula is C16H23NO2. The summed E-state index contributed by atoms with van der Waals surface area (Å²) in [4.78, 5) is 11.5. The minimum atomic E-state index is -0.628. The average Bonchev–Trinajstić information content (AvgIpc) is 3.19. The van der Waals surface area contributed by atoms with Crippen LogP contribution in [0.1, 0.15) is 50.8 Å². The molecule has 104 valence electrons. The summed E-state index contributed by atoms with van der Waals surface area (Å²) in [6.07, 6.45) is 1.35. The summed E-state index contributed by atoms with van der Waals surface area (Å²) in [5, 5.41) is 12.8. The second kappa shape index (κ2) is 5.33. The van der Waals surface area contributed by atoms with Crippen LogP contribution in [-0.2, 0) is 10.2 Å². The van der Waals surface area contributed by atoms with Gasteiger partial charge in [-0.3, -0.25) is 4.79 Å². The molecule has 1 aromatic carbocycles. The van der Waals surface area contributed by atoms with Crippen LogP contribution in [0.4, 0.5) is 0 Å². The van der Waals surface area contributed by atoms with Crippen molar-refractivity contribution in [1.82, 2.24) is 5.32 Å². The third kappa shape index (κ3) is 3.80. The average molecular weight is 261 g/mol. The molecule has 1 saturated carbocycles. The Morgan fingerprint density at radius 2 is 1.89 bits per heavy atom. The molecule has 0 aromatic heterocycles. The van der Waals surface area contributed by atoms with Gasteiger partial charge in [0.2, 0.25) is 5.91 Å². The molecule has 0 radical (unpaired) electrons. The molecule has 3 nitrogen and oxygen atoms in total. The molecule has 1 aliphatic carbocycles. The summed E-state index contributed by atoms with van der Waals surface area (Å²) in [5.41, 5.74) is 2.21. The topological polar surface area (TPSA) is 49.3 Å². The number of amides is 1. The van der Waals surface area contributed by atoms with Crippen LogP contribution in [0.2, 0.25) is 0 Å². The van der Waals surface area contributed by atoms with Crippen LogP contribution in [0, 0.1) is 5.92 Å². The molecule has 0 aliphatic heterocycles. The summed E-state index contributed by atoms with van der Waals surface area (Å²) in [6.45, 7) is 6.78. The first kappa shape index (κ1) is 14.1. The zero-order chi connectivity index (χ0) is 14.0. The lowest BCUT2D eigenvalue weighted by Gasteiger charge is -2.20. The summed E-state index contributed by atoms with van der Waals surface area (Å²) in [7, 11) is 0. The van der Waals surface area contributed by atoms with E-state index in [1.165, 1.54) is 5.56 Å². The van der Waals surface area contributed by atoms with E-state index in [1.54, 1.807) is 0 Å². The molecule has 19 heavy (non-hydrogen) atoms. The normalized spacial score (nSPS) is 17.1. The van der Waals surface area contributed by atoms with Gasteiger partial charge in [-0.05, 0) is 29.4 Å². The molecule has 2 rings (SSSR count). The first-order valence-corrected chi connectivity index (χ1v) is 6.94. The zero-order valence-corrected chi connectivity index (χ0v) is 11.9. The standard InChI is InChI=1S/C16H23NO2/c1-16(2,3)13-8-6-11(7-9-13)14(18)10-17-15(19)12-4-5-12/h6-9,12,14,18H,4-5,10H2,1-3H3,(H,17,19). The minimum Gasteiger partial charge on any atom is -0.387 e. The smallest absolute Gasteiger partial charge is 0.223 e. The highest BCUT2D eigenvalue weighted by Crippen LogP contribution is 2.29. The molecule has 1 unspecified atom stereocenters. The first-order chi connectivity index (χ1) is 8.88. The Hall–Kier alpha value is -1.35. The van der Waals surface area contributed by atoms with Crippen LogP contribution in [0.15, 0.2) is 24.3 Å². The van der Waals surface area contributed by atoms with Gasteiger partial charge in [-0.15, -0.1) is 0 Å². The maximum absolute atomic E-state index is 11.5. The second-order valence-corrected chi connectivity index (χ2v) is 6.41. The number of carbonyl (C=O) groups excluding carboxylic acids is 1. The van der Waals surface area contributed by atoms with E-state index in [2.05, 4.69) is 26.1 Å². The summed E-state index contributed by atoms with van der Waals surface area (Å²) in [6, 6.07) is 7.96. The predicted molar refractivity (Wildman–Crippen MR) is 75.8 cm³/mol. The van der Waals surface area contributed by atoms with Gasteiger partial charge in [-0.25, -0.2) is 0 Å². The van der Waals surface area contributed by atoms with Crippen LogP contribution in [0.25, 0.3) is 0 Å². The number of aliphatic hydroxyl groups is 1. The highest BCUT2D eigenvalue weighted by atomic mass is 16.3. The molecule has 0 saturated heterocycles. The van der Waals surface area contributed by atoms with Crippen molar-refractivity contribution in [2.45, 2.75) is 45.1 Å². The first-order valence-electron chi connectivity index (χ1n) is 6.94. The van der Waals surface area contributed by atoms with Gasteiger partial charge >= 0.3 is 0 Å². The molecule has 1 atom stereocenters. The molecule has 1 aromatic rings. The van der Waals surface area contributed by atoms with Crippen molar-refractivity contribution < 1.29 is 9.90 Å². The van der Waals surface area contributed by atoms with Crippen molar-refractivity contribution in [3.8, 4) is 0 Å². The maximum atomic E-state index is 11.5. The lowest BCUT2D eigenvalue weighted by Crippen LogP contribution is -2.29. The number of aliphatic hydroxyl groups excluding tert-OH is 1. The van der Waals surface area contributed by atoms with Gasteiger partial charge in [-0.2, -0.15) is 0 Å². The van der Waals surface area contributed by atoms with Crippen molar-refractivity contribution in [3.05, 3.63) is 35.4 Å². The Morgan fingerprint density at radius 3 is 2.37 bits per heavy atom. The molecule has 0 spiro atoms. The largest absolute Gasteiger partial charge is 0.387 e. The summed E-state index contributed by atoms with van der Waals surface area (Å²) >= 11 is 0. The van der Waals surface area contributed by atoms with E-state index in [4.69, 9.17) is 0 Å². The molecule has 1 amide bonds. The van der Waals surface area contributed by atoms with E-state index in [9.17, 15) is 9.90 Å². The molecule has 2 N–H and O–H groups in total. The molecule has 1 fully saturated rings. The summed E-state index contributed by atoms with van der Waals surface area (Å²) in [5.74, 6) is 0.265. The van der Waals surface area contributed by atoms with Crippen LogP contribution >= 0.6 is 0 Å². The second-order valence-electron chi connectivity index (χ2n) is 6.41. The number of hydrogen-bond donors (Lipinski definition) is 2. The molecule has 0 heterocycles. The van der Waals surface area contributed by atoms with E-state index in [0.29, 0.717) is 6.54 Å². The zero-order valence-electron chi connectivity index (χ0n) is 11.9. The van der Waals surface area contributed by atoms with E-state index < -0.39 is 6.10 Å². The third-order valence-electron chi connectivity index (χ3n) is 3.58. The van der Waals surface area contributed by atoms with E-state index in [0.717, 1.165) is 18.4 Å². The summed E-state index contributed by atoms with van der Waals surface area (Å²) < 4.78 is 0. The number of nitrogens with one attached hydrogen (secondary N) is 1. The van der Waals surface area contributed by atoms with Crippen LogP contribution in [0.3, 0.4) is 0 Å². The van der Waals surface area contributed by atoms with Crippen molar-refractivity contribution in [2.24, 2.45) is 5.92 Å². The Bertz CT molecular complexity index is 441. The van der Waals surface area contributed by atoms with Crippen molar-refractivity contribution in [2.75, 3.05) is 6.54 Å². The lowest BCUT2D eigenvalue weighted by atomic mass is 9.86. The van der Waals surface area contributed by atoms with E-state index in [1.807, 2.05) is 24.3 Å². The van der Waals surface area contributed by atoms with Crippen molar-refractivity contribution in [1.29, 1.82) is 0 Å². The molecule has 3 heteroatoms. The van der Waals surface area contributed by atoms with Crippen LogP contribution in [-0.4, -0.2) is 17.6 Å². The van der Waals surface area contributed by atoms with Crippen LogP contribution < -0.4 is 5.32 Å². The fraction of sp³-hybridized carbons (Fsp3) is 0.562. The highest BCUT2D eigenvalue weighted by molar-refractivity contribution is 5.80. The number of hydrogen-bond acceptors (Lipinski definition) is 2. The Kier molecular flexibility index (Phi) is 3.95. The Morgan fingerprint density at radius 1 is 1.32 bits per heavy atom. The van der Waals surface area contributed by atoms with Crippen molar-refractivity contribution in [3.63, 3.8) is 0 Å². The van der Waals surface area contributed by atoms with Gasteiger partial charge in [0.15, 0.2) is 0 Å². The molecule has 1 aliphatic rings. The molecule has 0 bridgehead atoms. The van der Waals surface area contributed by atoms with E-state index >= 15 is 0 Å². The fourth-order valence-corrected chi connectivity index (χ4v) is 2.01. The number of benzene rings is 1. The predicted octanol–water partition coefficient (Wildman–Crippen LogP) is 2.54. The number of carbonyl (C=O) groups is 1. The van der Waals surface area contributed by atoms with Gasteiger partial charge in [0.25, 0.3) is 0 Å². The SMILES string of the molecule is CC(C)(C)c1ccc(C(O)CNC(=O)C2CC2)cc1. The monoisotopic (exact) mass is 261 g/mol. The highest BCUT2D eigenvalue weighted by Gasteiger charge is 2.29. The number of rotatable bonds is 4. The van der Waals surface area contributed by atoms with Gasteiger partial charge < -0.3 is 10.4 Å². The van der Waals surface area contributed by atoms with Gasteiger partial charge in [-0.1, -0.05) is 45.0 Å². The van der Waals surface area contributed by atoms with Crippen molar-refractivity contribution >= 4 is 5.91 Å². The maximum Gasteiger partial charge on any atom is 0.223 e. The fourth-order valence-electron chi connectivity index (χ4n) is 2.01. The van der Waals surface area contributed by atoms with Crippen LogP contribution in [0.5, 0.6) is 0 Å². The quantitative estimate of drug-likeness (QED) is 0.875.